The van der Waals surface area contributed by atoms with E-state index in [9.17, 15) is 18.0 Å². The van der Waals surface area contributed by atoms with Crippen LogP contribution in [-0.4, -0.2) is 53.8 Å². The number of fused-ring (bicyclic) bond motifs is 1. The summed E-state index contributed by atoms with van der Waals surface area (Å²) in [6, 6.07) is 4.67. The van der Waals surface area contributed by atoms with E-state index in [-0.39, 0.29) is 15.8 Å². The van der Waals surface area contributed by atoms with Crippen LogP contribution in [0.3, 0.4) is 0 Å². The van der Waals surface area contributed by atoms with Crippen molar-refractivity contribution in [2.75, 3.05) is 25.4 Å². The average Bonchev–Trinajstić information content (AvgIpc) is 3.40. The Morgan fingerprint density at radius 3 is 2.56 bits per heavy atom. The number of pyridine rings is 1. The third-order valence-electron chi connectivity index (χ3n) is 6.85. The Kier molecular flexibility index (Phi) is 8.37. The molecule has 4 rings (SSSR count). The quantitative estimate of drug-likeness (QED) is 0.521. The third-order valence-corrected chi connectivity index (χ3v) is 10.2. The normalized spacial score (nSPS) is 17.9. The number of amides is 1. The molecule has 34 heavy (non-hydrogen) atoms. The molecule has 2 aromatic rings. The highest BCUT2D eigenvalue weighted by Crippen LogP contribution is 2.28. The summed E-state index contributed by atoms with van der Waals surface area (Å²) < 4.78 is 29.3. The van der Waals surface area contributed by atoms with E-state index in [1.807, 2.05) is 23.3 Å². The number of carbonyl (C=O) groups is 1. The number of nitrogens with one attached hydrogen (secondary N) is 1. The molecule has 1 amide bonds. The molecule has 1 aromatic heterocycles. The molecule has 2 aliphatic rings. The number of hydrogen-bond donors (Lipinski definition) is 1. The first-order valence-corrected chi connectivity index (χ1v) is 15.0. The number of thioether (sulfide) groups is 1. The van der Waals surface area contributed by atoms with E-state index in [1.165, 1.54) is 42.5 Å². The lowest BCUT2D eigenvalue weighted by atomic mass is 10.0. The smallest absolute Gasteiger partial charge is 0.256 e. The fourth-order valence-electron chi connectivity index (χ4n) is 4.89. The molecule has 186 valence electrons. The molecule has 1 aromatic carbocycles. The topological polar surface area (TPSA) is 88.5 Å². The van der Waals surface area contributed by atoms with E-state index in [0.29, 0.717) is 31.7 Å². The molecule has 1 saturated heterocycles. The highest BCUT2D eigenvalue weighted by Gasteiger charge is 2.28. The standard InChI is InChI=1S/C25H35N3O4S2/c1-2-27-18-22(25(30)26-13-8-16-33-19-9-4-3-5-10-19)24(29)21-17-20(11-12-23(21)27)34(31,32)28-14-6-7-15-28/h11-12,17-19H,2-10,13-16H2,1H3,(H,26,30). The zero-order valence-corrected chi connectivity index (χ0v) is 21.6. The summed E-state index contributed by atoms with van der Waals surface area (Å²) in [6.45, 7) is 4.02. The van der Waals surface area contributed by atoms with Crippen molar-refractivity contribution in [3.8, 4) is 0 Å². The molecular formula is C25H35N3O4S2. The number of aromatic nitrogens is 1. The third kappa shape index (κ3) is 5.52. The van der Waals surface area contributed by atoms with Crippen molar-refractivity contribution in [3.63, 3.8) is 0 Å². The van der Waals surface area contributed by atoms with Crippen LogP contribution in [0.25, 0.3) is 10.9 Å². The monoisotopic (exact) mass is 505 g/mol. The molecule has 2 heterocycles. The second-order valence-electron chi connectivity index (χ2n) is 9.19. The molecule has 1 aliphatic carbocycles. The minimum absolute atomic E-state index is 0.0602. The van der Waals surface area contributed by atoms with E-state index in [2.05, 4.69) is 5.32 Å². The van der Waals surface area contributed by atoms with Gasteiger partial charge in [-0.3, -0.25) is 9.59 Å². The number of nitrogens with zero attached hydrogens (tertiary/aromatic N) is 2. The van der Waals surface area contributed by atoms with E-state index in [0.717, 1.165) is 30.3 Å². The Morgan fingerprint density at radius 1 is 1.12 bits per heavy atom. The van der Waals surface area contributed by atoms with Gasteiger partial charge >= 0.3 is 0 Å². The van der Waals surface area contributed by atoms with Gasteiger partial charge in [0.25, 0.3) is 5.91 Å². The van der Waals surface area contributed by atoms with Crippen LogP contribution in [0.2, 0.25) is 0 Å². The molecule has 0 atom stereocenters. The maximum atomic E-state index is 13.2. The Bertz CT molecular complexity index is 1180. The van der Waals surface area contributed by atoms with Crippen LogP contribution in [0, 0.1) is 0 Å². The van der Waals surface area contributed by atoms with Gasteiger partial charge in [0.05, 0.1) is 10.4 Å². The van der Waals surface area contributed by atoms with Gasteiger partial charge in [0.2, 0.25) is 15.5 Å². The summed E-state index contributed by atoms with van der Waals surface area (Å²) in [6.07, 6.45) is 10.7. The van der Waals surface area contributed by atoms with Gasteiger partial charge in [-0.1, -0.05) is 19.3 Å². The molecule has 7 nitrogen and oxygen atoms in total. The second kappa shape index (κ2) is 11.3. The van der Waals surface area contributed by atoms with Crippen LogP contribution >= 0.6 is 11.8 Å². The van der Waals surface area contributed by atoms with Crippen molar-refractivity contribution < 1.29 is 13.2 Å². The zero-order valence-electron chi connectivity index (χ0n) is 19.9. The first-order valence-electron chi connectivity index (χ1n) is 12.5. The summed E-state index contributed by atoms with van der Waals surface area (Å²) >= 11 is 1.99. The molecule has 2 fully saturated rings. The maximum absolute atomic E-state index is 13.2. The van der Waals surface area contributed by atoms with Crippen molar-refractivity contribution in [2.24, 2.45) is 0 Å². The predicted molar refractivity (Wildman–Crippen MR) is 138 cm³/mol. The first kappa shape index (κ1) is 25.3. The summed E-state index contributed by atoms with van der Waals surface area (Å²) in [5.74, 6) is 0.601. The number of carbonyl (C=O) groups excluding carboxylic acids is 1. The SMILES string of the molecule is CCn1cc(C(=O)NCCCSC2CCCCC2)c(=O)c2cc(S(=O)(=O)N3CCCC3)ccc21. The Labute approximate surface area is 206 Å². The molecule has 0 spiro atoms. The maximum Gasteiger partial charge on any atom is 0.256 e. The zero-order chi connectivity index (χ0) is 24.1. The minimum Gasteiger partial charge on any atom is -0.352 e. The number of aryl methyl sites for hydroxylation is 1. The summed E-state index contributed by atoms with van der Waals surface area (Å²) in [5, 5.41) is 3.90. The van der Waals surface area contributed by atoms with Crippen LogP contribution in [0.4, 0.5) is 0 Å². The molecule has 0 radical (unpaired) electrons. The van der Waals surface area contributed by atoms with E-state index < -0.39 is 21.4 Å². The van der Waals surface area contributed by atoms with Gasteiger partial charge in [0.1, 0.15) is 5.56 Å². The minimum atomic E-state index is -3.65. The van der Waals surface area contributed by atoms with E-state index in [1.54, 1.807) is 18.3 Å². The van der Waals surface area contributed by atoms with Gasteiger partial charge in [-0.25, -0.2) is 8.42 Å². The predicted octanol–water partition coefficient (Wildman–Crippen LogP) is 3.99. The van der Waals surface area contributed by atoms with Gasteiger partial charge in [0, 0.05) is 43.0 Å². The fraction of sp³-hybridized carbons (Fsp3) is 0.600. The van der Waals surface area contributed by atoms with Gasteiger partial charge in [0.15, 0.2) is 0 Å². The molecule has 1 N–H and O–H groups in total. The summed E-state index contributed by atoms with van der Waals surface area (Å²) in [7, 11) is -3.65. The first-order chi connectivity index (χ1) is 16.4. The molecule has 0 unspecified atom stereocenters. The van der Waals surface area contributed by atoms with Crippen molar-refractivity contribution in [1.82, 2.24) is 14.2 Å². The highest BCUT2D eigenvalue weighted by molar-refractivity contribution is 7.99. The van der Waals surface area contributed by atoms with Crippen molar-refractivity contribution >= 4 is 38.6 Å². The van der Waals surface area contributed by atoms with Gasteiger partial charge < -0.3 is 9.88 Å². The van der Waals surface area contributed by atoms with Crippen LogP contribution in [0.5, 0.6) is 0 Å². The molecule has 0 bridgehead atoms. The van der Waals surface area contributed by atoms with Crippen LogP contribution < -0.4 is 10.7 Å². The lowest BCUT2D eigenvalue weighted by molar-refractivity contribution is 0.0952. The number of sulfonamides is 1. The van der Waals surface area contributed by atoms with Gasteiger partial charge in [-0.2, -0.15) is 16.1 Å². The van der Waals surface area contributed by atoms with Crippen molar-refractivity contribution in [2.45, 2.75) is 75.0 Å². The molecule has 9 heteroatoms. The number of benzene rings is 1. The van der Waals surface area contributed by atoms with Crippen LogP contribution in [-0.2, 0) is 16.6 Å². The lowest BCUT2D eigenvalue weighted by Gasteiger charge is -2.20. The Balaban J connectivity index is 1.49. The second-order valence-corrected chi connectivity index (χ2v) is 12.5. The van der Waals surface area contributed by atoms with Gasteiger partial charge in [-0.05, 0) is 63.0 Å². The number of rotatable bonds is 9. The molecular weight excluding hydrogens is 470 g/mol. The average molecular weight is 506 g/mol. The van der Waals surface area contributed by atoms with E-state index >= 15 is 0 Å². The summed E-state index contributed by atoms with van der Waals surface area (Å²) in [4.78, 5) is 26.2. The number of hydrogen-bond acceptors (Lipinski definition) is 5. The Morgan fingerprint density at radius 2 is 1.85 bits per heavy atom. The summed E-state index contributed by atoms with van der Waals surface area (Å²) in [5.41, 5.74) is 0.269. The largest absolute Gasteiger partial charge is 0.352 e. The lowest BCUT2D eigenvalue weighted by Crippen LogP contribution is -2.31. The highest BCUT2D eigenvalue weighted by atomic mass is 32.2. The fourth-order valence-corrected chi connectivity index (χ4v) is 7.74. The van der Waals surface area contributed by atoms with Crippen molar-refractivity contribution in [1.29, 1.82) is 0 Å². The molecule has 1 aliphatic heterocycles. The van der Waals surface area contributed by atoms with Gasteiger partial charge in [-0.15, -0.1) is 0 Å². The van der Waals surface area contributed by atoms with E-state index in [4.69, 9.17) is 0 Å². The van der Waals surface area contributed by atoms with Crippen LogP contribution in [0.1, 0.15) is 68.6 Å². The van der Waals surface area contributed by atoms with Crippen molar-refractivity contribution in [3.05, 3.63) is 40.2 Å². The Hall–Kier alpha value is -1.84. The van der Waals surface area contributed by atoms with Crippen LogP contribution in [0.15, 0.2) is 34.1 Å². The molecule has 1 saturated carbocycles.